The fraction of sp³-hybridized carbons (Fsp3) is 0.333. The Kier molecular flexibility index (Phi) is 7.34. The van der Waals surface area contributed by atoms with Gasteiger partial charge in [-0.1, -0.05) is 48.0 Å². The van der Waals surface area contributed by atoms with E-state index in [4.69, 9.17) is 0 Å². The van der Waals surface area contributed by atoms with Crippen molar-refractivity contribution in [3.05, 3.63) is 65.2 Å². The summed E-state index contributed by atoms with van der Waals surface area (Å²) in [5.41, 5.74) is 6.75. The molecule has 0 aliphatic carbocycles. The second-order valence-corrected chi connectivity index (χ2v) is 8.83. The van der Waals surface area contributed by atoms with Crippen LogP contribution in [0.25, 0.3) is 0 Å². The Morgan fingerprint density at radius 3 is 2.39 bits per heavy atom. The zero-order chi connectivity index (χ0) is 20.7. The maximum Gasteiger partial charge on any atom is 0.260 e. The largest absolute Gasteiger partial charge is 0.271 e. The van der Waals surface area contributed by atoms with Gasteiger partial charge in [-0.3, -0.25) is 9.10 Å². The van der Waals surface area contributed by atoms with Gasteiger partial charge >= 0.3 is 0 Å². The highest BCUT2D eigenvalue weighted by molar-refractivity contribution is 7.92. The molecule has 1 amide bonds. The Morgan fingerprint density at radius 2 is 1.79 bits per heavy atom. The molecule has 2 rings (SSSR count). The smallest absolute Gasteiger partial charge is 0.260 e. The van der Waals surface area contributed by atoms with Crippen molar-refractivity contribution in [1.82, 2.24) is 5.43 Å². The van der Waals surface area contributed by atoms with Crippen LogP contribution in [0.3, 0.4) is 0 Å². The molecule has 1 N–H and O–H groups in total. The highest BCUT2D eigenvalue weighted by Crippen LogP contribution is 2.23. The number of nitrogens with zero attached hydrogens (tertiary/aromatic N) is 2. The minimum Gasteiger partial charge on any atom is -0.271 e. The van der Waals surface area contributed by atoms with E-state index in [1.165, 1.54) is 5.56 Å². The van der Waals surface area contributed by atoms with Gasteiger partial charge in [0.25, 0.3) is 5.91 Å². The van der Waals surface area contributed by atoms with Crippen molar-refractivity contribution >= 4 is 27.3 Å². The van der Waals surface area contributed by atoms with E-state index in [1.807, 2.05) is 63.2 Å². The van der Waals surface area contributed by atoms with Crippen molar-refractivity contribution < 1.29 is 13.2 Å². The maximum absolute atomic E-state index is 12.3. The topological polar surface area (TPSA) is 78.8 Å². The van der Waals surface area contributed by atoms with Gasteiger partial charge in [-0.15, -0.1) is 0 Å². The Bertz CT molecular complexity index is 954. The first-order chi connectivity index (χ1) is 13.2. The molecular weight excluding hydrogens is 374 g/mol. The summed E-state index contributed by atoms with van der Waals surface area (Å²) in [5.74, 6) is -0.482. The van der Waals surface area contributed by atoms with Gasteiger partial charge in [-0.25, -0.2) is 13.8 Å². The Morgan fingerprint density at radius 1 is 1.11 bits per heavy atom. The molecule has 2 aromatic rings. The van der Waals surface area contributed by atoms with E-state index in [-0.39, 0.29) is 6.54 Å². The molecule has 0 aromatic heterocycles. The number of aryl methyl sites for hydroxylation is 3. The van der Waals surface area contributed by atoms with Crippen molar-refractivity contribution in [2.24, 2.45) is 5.10 Å². The first-order valence-electron chi connectivity index (χ1n) is 9.07. The standard InChI is InChI=1S/C21H27N3O3S/c1-16-10-13-20(17(2)14-16)24(28(4,26)27)15-21(25)23-22-18(3)11-12-19-8-6-5-7-9-19/h5-10,13-14H,11-12,15H2,1-4H3,(H,23,25)/b22-18-. The normalized spacial score (nSPS) is 11.9. The molecule has 2 aromatic carbocycles. The predicted molar refractivity (Wildman–Crippen MR) is 114 cm³/mol. The molecule has 7 heteroatoms. The number of benzene rings is 2. The number of hydrazone groups is 1. The summed E-state index contributed by atoms with van der Waals surface area (Å²) in [6.45, 7) is 5.27. The van der Waals surface area contributed by atoms with E-state index in [2.05, 4.69) is 10.5 Å². The van der Waals surface area contributed by atoms with Crippen LogP contribution in [0.15, 0.2) is 53.6 Å². The van der Waals surface area contributed by atoms with Gasteiger partial charge in [0.05, 0.1) is 11.9 Å². The van der Waals surface area contributed by atoms with Gasteiger partial charge in [0.1, 0.15) is 6.54 Å². The van der Waals surface area contributed by atoms with Gasteiger partial charge in [0, 0.05) is 5.71 Å². The minimum atomic E-state index is -3.61. The molecule has 6 nitrogen and oxygen atoms in total. The van der Waals surface area contributed by atoms with Crippen LogP contribution in [0.5, 0.6) is 0 Å². The molecule has 0 aliphatic rings. The van der Waals surface area contributed by atoms with Crippen molar-refractivity contribution in [2.75, 3.05) is 17.1 Å². The average Bonchev–Trinajstić information content (AvgIpc) is 2.63. The lowest BCUT2D eigenvalue weighted by Gasteiger charge is -2.23. The van der Waals surface area contributed by atoms with E-state index in [1.54, 1.807) is 6.07 Å². The van der Waals surface area contributed by atoms with Gasteiger partial charge in [0.15, 0.2) is 0 Å². The second-order valence-electron chi connectivity index (χ2n) is 6.93. The Hall–Kier alpha value is -2.67. The van der Waals surface area contributed by atoms with Crippen LogP contribution in [-0.2, 0) is 21.2 Å². The van der Waals surface area contributed by atoms with Crippen LogP contribution >= 0.6 is 0 Å². The van der Waals surface area contributed by atoms with Gasteiger partial charge in [-0.05, 0) is 50.8 Å². The van der Waals surface area contributed by atoms with Crippen LogP contribution in [-0.4, -0.2) is 32.8 Å². The SMILES string of the molecule is C/C(CCc1ccccc1)=N/NC(=O)CN(c1ccc(C)cc1C)S(C)(=O)=O. The molecular formula is C21H27N3O3S. The molecule has 150 valence electrons. The maximum atomic E-state index is 12.3. The quantitative estimate of drug-likeness (QED) is 0.545. The number of hydrogen-bond donors (Lipinski definition) is 1. The molecule has 0 fully saturated rings. The van der Waals surface area contributed by atoms with Crippen molar-refractivity contribution in [3.63, 3.8) is 0 Å². The number of nitrogens with one attached hydrogen (secondary N) is 1. The number of amides is 1. The lowest BCUT2D eigenvalue weighted by molar-refractivity contribution is -0.119. The van der Waals surface area contributed by atoms with Crippen LogP contribution in [0.4, 0.5) is 5.69 Å². The predicted octanol–water partition coefficient (Wildman–Crippen LogP) is 3.19. The zero-order valence-corrected chi connectivity index (χ0v) is 17.6. The third-order valence-electron chi connectivity index (χ3n) is 4.30. The highest BCUT2D eigenvalue weighted by atomic mass is 32.2. The van der Waals surface area contributed by atoms with E-state index in [9.17, 15) is 13.2 Å². The van der Waals surface area contributed by atoms with Crippen LogP contribution in [0, 0.1) is 13.8 Å². The van der Waals surface area contributed by atoms with Crippen LogP contribution in [0.2, 0.25) is 0 Å². The summed E-state index contributed by atoms with van der Waals surface area (Å²) in [4.78, 5) is 12.3. The molecule has 0 atom stereocenters. The molecule has 0 radical (unpaired) electrons. The summed E-state index contributed by atoms with van der Waals surface area (Å²) in [6.07, 6.45) is 2.62. The van der Waals surface area contributed by atoms with E-state index in [0.29, 0.717) is 12.1 Å². The third kappa shape index (κ3) is 6.49. The molecule has 0 heterocycles. The lowest BCUT2D eigenvalue weighted by atomic mass is 10.1. The van der Waals surface area contributed by atoms with Gasteiger partial charge in [0.2, 0.25) is 10.0 Å². The van der Waals surface area contributed by atoms with Crippen LogP contribution < -0.4 is 9.73 Å². The fourth-order valence-corrected chi connectivity index (χ4v) is 3.73. The van der Waals surface area contributed by atoms with Crippen molar-refractivity contribution in [3.8, 4) is 0 Å². The number of carbonyl (C=O) groups is 1. The molecule has 0 saturated heterocycles. The fourth-order valence-electron chi connectivity index (χ4n) is 2.82. The molecule has 0 spiro atoms. The van der Waals surface area contributed by atoms with Crippen molar-refractivity contribution in [2.45, 2.75) is 33.6 Å². The molecule has 0 aliphatic heterocycles. The number of carbonyl (C=O) groups excluding carboxylic acids is 1. The van der Waals surface area contributed by atoms with Gasteiger partial charge < -0.3 is 0 Å². The lowest BCUT2D eigenvalue weighted by Crippen LogP contribution is -2.39. The number of anilines is 1. The summed E-state index contributed by atoms with van der Waals surface area (Å²) >= 11 is 0. The van der Waals surface area contributed by atoms with E-state index < -0.39 is 15.9 Å². The summed E-state index contributed by atoms with van der Waals surface area (Å²) in [5, 5.41) is 4.10. The first kappa shape index (κ1) is 21.6. The molecule has 0 saturated carbocycles. The first-order valence-corrected chi connectivity index (χ1v) is 10.9. The zero-order valence-electron chi connectivity index (χ0n) is 16.8. The second kappa shape index (κ2) is 9.50. The number of sulfonamides is 1. The van der Waals surface area contributed by atoms with Gasteiger partial charge in [-0.2, -0.15) is 5.10 Å². The summed E-state index contributed by atoms with van der Waals surface area (Å²) in [6, 6.07) is 15.4. The average molecular weight is 402 g/mol. The van der Waals surface area contributed by atoms with Crippen LogP contribution in [0.1, 0.15) is 30.0 Å². The van der Waals surface area contributed by atoms with Crippen molar-refractivity contribution in [1.29, 1.82) is 0 Å². The monoisotopic (exact) mass is 401 g/mol. The molecule has 0 bridgehead atoms. The Labute approximate surface area is 167 Å². The highest BCUT2D eigenvalue weighted by Gasteiger charge is 2.22. The minimum absolute atomic E-state index is 0.321. The molecule has 0 unspecified atom stereocenters. The third-order valence-corrected chi connectivity index (χ3v) is 5.42. The van der Waals surface area contributed by atoms with E-state index >= 15 is 0 Å². The molecule has 28 heavy (non-hydrogen) atoms. The number of hydrogen-bond acceptors (Lipinski definition) is 4. The number of rotatable bonds is 8. The van der Waals surface area contributed by atoms with E-state index in [0.717, 1.165) is 33.8 Å². The summed E-state index contributed by atoms with van der Waals surface area (Å²) in [7, 11) is -3.61. The summed E-state index contributed by atoms with van der Waals surface area (Å²) < 4.78 is 25.5. The Balaban J connectivity index is 2.01.